The standard InChI is InChI=1S/C27H29N3O5S/c1-20-9-8-14-25(21(20)2)30(36(33,34)22-10-4-3-5-11-22)19-26(31)28-24-13-7-6-12-23(24)27(32)29-15-17-35-18-16-29/h3-14H,15-19H2,1-2H3,(H,28,31). The van der Waals surface area contributed by atoms with Gasteiger partial charge in [-0.2, -0.15) is 0 Å². The van der Waals surface area contributed by atoms with Gasteiger partial charge in [0.05, 0.1) is 35.0 Å². The number of anilines is 2. The zero-order chi connectivity index (χ0) is 25.7. The molecule has 0 aromatic heterocycles. The SMILES string of the molecule is Cc1cccc(N(CC(=O)Nc2ccccc2C(=O)N2CCOCC2)S(=O)(=O)c2ccccc2)c1C. The van der Waals surface area contributed by atoms with Crippen LogP contribution in [-0.4, -0.2) is 58.0 Å². The fraction of sp³-hybridized carbons (Fsp3) is 0.259. The third-order valence-electron chi connectivity index (χ3n) is 6.19. The first-order valence-electron chi connectivity index (χ1n) is 11.7. The number of ether oxygens (including phenoxy) is 1. The third kappa shape index (κ3) is 5.42. The lowest BCUT2D eigenvalue weighted by Gasteiger charge is -2.28. The Kier molecular flexibility index (Phi) is 7.71. The number of rotatable bonds is 7. The van der Waals surface area contributed by atoms with E-state index in [9.17, 15) is 18.0 Å². The molecule has 8 nitrogen and oxygen atoms in total. The molecule has 0 spiro atoms. The van der Waals surface area contributed by atoms with E-state index in [2.05, 4.69) is 5.32 Å². The summed E-state index contributed by atoms with van der Waals surface area (Å²) in [6.45, 7) is 5.12. The highest BCUT2D eigenvalue weighted by Crippen LogP contribution is 2.29. The summed E-state index contributed by atoms with van der Waals surface area (Å²) in [4.78, 5) is 28.1. The lowest BCUT2D eigenvalue weighted by Crippen LogP contribution is -2.41. The number of hydrogen-bond acceptors (Lipinski definition) is 5. The highest BCUT2D eigenvalue weighted by Gasteiger charge is 2.29. The third-order valence-corrected chi connectivity index (χ3v) is 7.97. The van der Waals surface area contributed by atoms with Gasteiger partial charge in [0.2, 0.25) is 5.91 Å². The molecule has 3 aromatic rings. The second-order valence-corrected chi connectivity index (χ2v) is 10.4. The van der Waals surface area contributed by atoms with Crippen molar-refractivity contribution in [1.82, 2.24) is 4.90 Å². The molecule has 2 amide bonds. The Morgan fingerprint density at radius 3 is 2.31 bits per heavy atom. The minimum absolute atomic E-state index is 0.0848. The summed E-state index contributed by atoms with van der Waals surface area (Å²) in [7, 11) is -4.04. The molecule has 0 atom stereocenters. The minimum Gasteiger partial charge on any atom is -0.378 e. The van der Waals surface area contributed by atoms with Crippen LogP contribution in [0.1, 0.15) is 21.5 Å². The van der Waals surface area contributed by atoms with Crippen LogP contribution in [0.25, 0.3) is 0 Å². The monoisotopic (exact) mass is 507 g/mol. The van der Waals surface area contributed by atoms with Crippen LogP contribution in [0, 0.1) is 13.8 Å². The molecule has 188 valence electrons. The van der Waals surface area contributed by atoms with Crippen molar-refractivity contribution in [2.24, 2.45) is 0 Å². The van der Waals surface area contributed by atoms with E-state index in [0.717, 1.165) is 15.4 Å². The van der Waals surface area contributed by atoms with Crippen LogP contribution < -0.4 is 9.62 Å². The number of nitrogens with zero attached hydrogens (tertiary/aromatic N) is 2. The van der Waals surface area contributed by atoms with Crippen LogP contribution in [0.3, 0.4) is 0 Å². The number of para-hydroxylation sites is 1. The Labute approximate surface area is 211 Å². The number of aryl methyl sites for hydroxylation is 1. The molecule has 3 aromatic carbocycles. The van der Waals surface area contributed by atoms with Gasteiger partial charge in [0, 0.05) is 13.1 Å². The largest absolute Gasteiger partial charge is 0.378 e. The van der Waals surface area contributed by atoms with Gasteiger partial charge < -0.3 is 15.0 Å². The number of benzene rings is 3. The van der Waals surface area contributed by atoms with E-state index < -0.39 is 22.5 Å². The van der Waals surface area contributed by atoms with Gasteiger partial charge in [-0.15, -0.1) is 0 Å². The molecular formula is C27H29N3O5S. The van der Waals surface area contributed by atoms with Gasteiger partial charge >= 0.3 is 0 Å². The maximum Gasteiger partial charge on any atom is 0.264 e. The Bertz CT molecular complexity index is 1350. The van der Waals surface area contributed by atoms with Crippen molar-refractivity contribution in [2.45, 2.75) is 18.7 Å². The highest BCUT2D eigenvalue weighted by atomic mass is 32.2. The van der Waals surface area contributed by atoms with Crippen LogP contribution in [0.15, 0.2) is 77.7 Å². The summed E-state index contributed by atoms with van der Waals surface area (Å²) in [5.74, 6) is -0.768. The summed E-state index contributed by atoms with van der Waals surface area (Å²) < 4.78 is 33.7. The quantitative estimate of drug-likeness (QED) is 0.527. The number of nitrogens with one attached hydrogen (secondary N) is 1. The number of hydrogen-bond donors (Lipinski definition) is 1. The Hall–Kier alpha value is -3.69. The average molecular weight is 508 g/mol. The molecule has 0 radical (unpaired) electrons. The highest BCUT2D eigenvalue weighted by molar-refractivity contribution is 7.92. The Balaban J connectivity index is 1.64. The van der Waals surface area contributed by atoms with Gasteiger partial charge in [0.15, 0.2) is 0 Å². The minimum atomic E-state index is -4.04. The first-order valence-corrected chi connectivity index (χ1v) is 13.1. The second kappa shape index (κ2) is 10.9. The Morgan fingerprint density at radius 2 is 1.58 bits per heavy atom. The summed E-state index contributed by atoms with van der Waals surface area (Å²) in [6, 6.07) is 20.1. The predicted molar refractivity (Wildman–Crippen MR) is 139 cm³/mol. The summed E-state index contributed by atoms with van der Waals surface area (Å²) in [6.07, 6.45) is 0. The van der Waals surface area contributed by atoms with E-state index in [1.807, 2.05) is 19.9 Å². The van der Waals surface area contributed by atoms with Gasteiger partial charge in [-0.3, -0.25) is 13.9 Å². The number of carbonyl (C=O) groups is 2. The first kappa shape index (κ1) is 25.4. The lowest BCUT2D eigenvalue weighted by molar-refractivity contribution is -0.114. The molecular weight excluding hydrogens is 478 g/mol. The van der Waals surface area contributed by atoms with Gasteiger partial charge in [-0.25, -0.2) is 8.42 Å². The smallest absolute Gasteiger partial charge is 0.264 e. The molecule has 0 aliphatic carbocycles. The molecule has 1 aliphatic rings. The number of morpholine rings is 1. The van der Waals surface area contributed by atoms with Crippen molar-refractivity contribution in [1.29, 1.82) is 0 Å². The van der Waals surface area contributed by atoms with E-state index >= 15 is 0 Å². The van der Waals surface area contributed by atoms with Gasteiger partial charge in [0.25, 0.3) is 15.9 Å². The molecule has 1 N–H and O–H groups in total. The van der Waals surface area contributed by atoms with Crippen molar-refractivity contribution in [2.75, 3.05) is 42.5 Å². The van der Waals surface area contributed by atoms with E-state index in [4.69, 9.17) is 4.74 Å². The normalized spacial score (nSPS) is 13.8. The van der Waals surface area contributed by atoms with Crippen molar-refractivity contribution >= 4 is 33.2 Å². The van der Waals surface area contributed by atoms with Gasteiger partial charge in [0.1, 0.15) is 6.54 Å². The molecule has 0 saturated carbocycles. The van der Waals surface area contributed by atoms with E-state index in [-0.39, 0.29) is 10.8 Å². The van der Waals surface area contributed by atoms with Crippen molar-refractivity contribution in [3.63, 3.8) is 0 Å². The molecule has 1 fully saturated rings. The van der Waals surface area contributed by atoms with Crippen LogP contribution in [-0.2, 0) is 19.6 Å². The van der Waals surface area contributed by atoms with E-state index in [0.29, 0.717) is 43.2 Å². The first-order chi connectivity index (χ1) is 17.3. The van der Waals surface area contributed by atoms with Crippen molar-refractivity contribution < 1.29 is 22.7 Å². The van der Waals surface area contributed by atoms with Gasteiger partial charge in [-0.1, -0.05) is 42.5 Å². The fourth-order valence-electron chi connectivity index (χ4n) is 4.06. The number of amides is 2. The van der Waals surface area contributed by atoms with Crippen LogP contribution in [0.4, 0.5) is 11.4 Å². The van der Waals surface area contributed by atoms with Crippen molar-refractivity contribution in [3.05, 3.63) is 89.5 Å². The zero-order valence-electron chi connectivity index (χ0n) is 20.3. The predicted octanol–water partition coefficient (Wildman–Crippen LogP) is 3.61. The van der Waals surface area contributed by atoms with Crippen molar-refractivity contribution in [3.8, 4) is 0 Å². The molecule has 0 bridgehead atoms. The molecule has 0 unspecified atom stereocenters. The second-order valence-electron chi connectivity index (χ2n) is 8.54. The van der Waals surface area contributed by atoms with Crippen LogP contribution in [0.2, 0.25) is 0 Å². The molecule has 36 heavy (non-hydrogen) atoms. The average Bonchev–Trinajstić information content (AvgIpc) is 2.90. The van der Waals surface area contributed by atoms with E-state index in [1.54, 1.807) is 59.5 Å². The molecule has 1 aliphatic heterocycles. The lowest BCUT2D eigenvalue weighted by atomic mass is 10.1. The molecule has 1 saturated heterocycles. The number of carbonyl (C=O) groups excluding carboxylic acids is 2. The fourth-order valence-corrected chi connectivity index (χ4v) is 5.56. The van der Waals surface area contributed by atoms with Crippen LogP contribution in [0.5, 0.6) is 0 Å². The Morgan fingerprint density at radius 1 is 0.917 bits per heavy atom. The maximum atomic E-state index is 13.6. The van der Waals surface area contributed by atoms with E-state index in [1.165, 1.54) is 12.1 Å². The summed E-state index contributed by atoms with van der Waals surface area (Å²) in [5, 5.41) is 2.76. The topological polar surface area (TPSA) is 96.0 Å². The molecule has 1 heterocycles. The molecule has 4 rings (SSSR count). The number of sulfonamides is 1. The molecule has 9 heteroatoms. The van der Waals surface area contributed by atoms with Crippen LogP contribution >= 0.6 is 0 Å². The zero-order valence-corrected chi connectivity index (χ0v) is 21.1. The maximum absolute atomic E-state index is 13.6. The summed E-state index contributed by atoms with van der Waals surface area (Å²) in [5.41, 5.74) is 2.76. The van der Waals surface area contributed by atoms with Gasteiger partial charge in [-0.05, 0) is 55.3 Å². The summed E-state index contributed by atoms with van der Waals surface area (Å²) >= 11 is 0.